The Bertz CT molecular complexity index is 1460. The summed E-state index contributed by atoms with van der Waals surface area (Å²) in [6, 6.07) is 18.8. The summed E-state index contributed by atoms with van der Waals surface area (Å²) in [6.45, 7) is 0.976. The number of carbonyl (C=O) groups is 2. The highest BCUT2D eigenvalue weighted by atomic mass is 16.3. The molecule has 4 heterocycles. The van der Waals surface area contributed by atoms with Crippen LogP contribution in [0.15, 0.2) is 89.9 Å². The number of amides is 2. The van der Waals surface area contributed by atoms with Crippen molar-refractivity contribution in [3.63, 3.8) is 0 Å². The minimum absolute atomic E-state index is 0.156. The number of furan rings is 1. The Hall–Kier alpha value is -4.79. The largest absolute Gasteiger partial charge is 0.467 e. The molecule has 0 spiro atoms. The van der Waals surface area contributed by atoms with Gasteiger partial charge in [0.05, 0.1) is 29.1 Å². The van der Waals surface area contributed by atoms with E-state index >= 15 is 0 Å². The van der Waals surface area contributed by atoms with Crippen LogP contribution in [0.2, 0.25) is 0 Å². The summed E-state index contributed by atoms with van der Waals surface area (Å²) < 4.78 is 7.17. The Kier molecular flexibility index (Phi) is 6.79. The molecule has 180 valence electrons. The van der Waals surface area contributed by atoms with Gasteiger partial charge in [-0.25, -0.2) is 9.67 Å². The molecule has 5 rings (SSSR count). The van der Waals surface area contributed by atoms with Crippen molar-refractivity contribution in [2.45, 2.75) is 19.5 Å². The van der Waals surface area contributed by atoms with E-state index in [1.54, 1.807) is 35.6 Å². The van der Waals surface area contributed by atoms with Crippen molar-refractivity contribution in [3.8, 4) is 11.3 Å². The predicted molar refractivity (Wildman–Crippen MR) is 134 cm³/mol. The van der Waals surface area contributed by atoms with Crippen LogP contribution in [-0.4, -0.2) is 38.1 Å². The van der Waals surface area contributed by atoms with Crippen LogP contribution < -0.4 is 10.6 Å². The van der Waals surface area contributed by atoms with E-state index in [2.05, 4.69) is 20.7 Å². The quantitative estimate of drug-likeness (QED) is 0.333. The van der Waals surface area contributed by atoms with Crippen LogP contribution in [0.25, 0.3) is 22.3 Å². The maximum absolute atomic E-state index is 13.2. The second-order valence-electron chi connectivity index (χ2n) is 8.18. The van der Waals surface area contributed by atoms with Crippen LogP contribution in [-0.2, 0) is 17.9 Å². The lowest BCUT2D eigenvalue weighted by Gasteiger charge is -2.10. The molecule has 0 fully saturated rings. The lowest BCUT2D eigenvalue weighted by molar-refractivity contribution is -0.121. The molecule has 9 nitrogen and oxygen atoms in total. The van der Waals surface area contributed by atoms with E-state index in [1.807, 2.05) is 54.6 Å². The summed E-state index contributed by atoms with van der Waals surface area (Å²) in [4.78, 5) is 34.3. The van der Waals surface area contributed by atoms with Gasteiger partial charge in [0.2, 0.25) is 5.91 Å². The van der Waals surface area contributed by atoms with Gasteiger partial charge in [0.25, 0.3) is 5.91 Å². The zero-order valence-electron chi connectivity index (χ0n) is 19.4. The molecule has 0 saturated carbocycles. The standard InChI is InChI=1S/C27H24N6O3/c34-25(30-16-19-6-4-11-28-15-19)10-12-29-27(35)22-14-24(20-7-2-1-3-8-20)32-26-23(22)17-31-33(26)18-21-9-5-13-36-21/h1-9,11,13-15,17H,10,12,16,18H2,(H,29,35)(H,30,34). The molecule has 0 aliphatic carbocycles. The molecule has 0 saturated heterocycles. The predicted octanol–water partition coefficient (Wildman–Crippen LogP) is 3.57. The molecule has 0 bridgehead atoms. The number of rotatable bonds is 9. The van der Waals surface area contributed by atoms with E-state index in [9.17, 15) is 9.59 Å². The third-order valence-electron chi connectivity index (χ3n) is 5.66. The van der Waals surface area contributed by atoms with Gasteiger partial charge >= 0.3 is 0 Å². The van der Waals surface area contributed by atoms with E-state index in [1.165, 1.54) is 0 Å². The van der Waals surface area contributed by atoms with Crippen LogP contribution in [0.3, 0.4) is 0 Å². The minimum Gasteiger partial charge on any atom is -0.467 e. The molecule has 9 heteroatoms. The first-order valence-corrected chi connectivity index (χ1v) is 11.6. The fourth-order valence-corrected chi connectivity index (χ4v) is 3.83. The molecule has 36 heavy (non-hydrogen) atoms. The summed E-state index contributed by atoms with van der Waals surface area (Å²) in [7, 11) is 0. The van der Waals surface area contributed by atoms with Gasteiger partial charge < -0.3 is 15.1 Å². The van der Waals surface area contributed by atoms with Gasteiger partial charge in [-0.2, -0.15) is 5.10 Å². The number of fused-ring (bicyclic) bond motifs is 1. The first kappa shape index (κ1) is 23.0. The van der Waals surface area contributed by atoms with Gasteiger partial charge in [0.15, 0.2) is 5.65 Å². The van der Waals surface area contributed by atoms with Crippen molar-refractivity contribution >= 4 is 22.8 Å². The van der Waals surface area contributed by atoms with Crippen molar-refractivity contribution in [2.75, 3.05) is 6.54 Å². The maximum Gasteiger partial charge on any atom is 0.252 e. The van der Waals surface area contributed by atoms with E-state index < -0.39 is 0 Å². The highest BCUT2D eigenvalue weighted by Crippen LogP contribution is 2.25. The SMILES string of the molecule is O=C(CCNC(=O)c1cc(-c2ccccc2)nc2c1cnn2Cc1ccco1)NCc1cccnc1. The monoisotopic (exact) mass is 480 g/mol. The highest BCUT2D eigenvalue weighted by Gasteiger charge is 2.18. The minimum atomic E-state index is -0.294. The van der Waals surface area contributed by atoms with Gasteiger partial charge in [-0.1, -0.05) is 36.4 Å². The molecule has 0 aliphatic rings. The molecule has 2 N–H and O–H groups in total. The average Bonchev–Trinajstić information content (AvgIpc) is 3.58. The molecular formula is C27H24N6O3. The fraction of sp³-hybridized carbons (Fsp3) is 0.148. The van der Waals surface area contributed by atoms with Crippen molar-refractivity contribution in [1.29, 1.82) is 0 Å². The van der Waals surface area contributed by atoms with Crippen LogP contribution in [0.5, 0.6) is 0 Å². The van der Waals surface area contributed by atoms with Crippen LogP contribution in [0, 0.1) is 0 Å². The molecule has 0 atom stereocenters. The second-order valence-corrected chi connectivity index (χ2v) is 8.18. The lowest BCUT2D eigenvalue weighted by atomic mass is 10.1. The number of hydrogen-bond acceptors (Lipinski definition) is 6. The topological polar surface area (TPSA) is 115 Å². The zero-order valence-corrected chi connectivity index (χ0v) is 19.4. The summed E-state index contributed by atoms with van der Waals surface area (Å²) >= 11 is 0. The van der Waals surface area contributed by atoms with Crippen molar-refractivity contribution in [1.82, 2.24) is 30.4 Å². The third kappa shape index (κ3) is 5.30. The van der Waals surface area contributed by atoms with Crippen molar-refractivity contribution in [2.24, 2.45) is 0 Å². The van der Waals surface area contributed by atoms with Gasteiger partial charge in [0, 0.05) is 37.5 Å². The van der Waals surface area contributed by atoms with Gasteiger partial charge in [-0.15, -0.1) is 0 Å². The maximum atomic E-state index is 13.2. The normalized spacial score (nSPS) is 10.9. The van der Waals surface area contributed by atoms with E-state index in [4.69, 9.17) is 9.40 Å². The third-order valence-corrected chi connectivity index (χ3v) is 5.66. The number of nitrogens with zero attached hydrogens (tertiary/aromatic N) is 4. The lowest BCUT2D eigenvalue weighted by Crippen LogP contribution is -2.30. The summed E-state index contributed by atoms with van der Waals surface area (Å²) in [6.07, 6.45) is 6.78. The number of aromatic nitrogens is 4. The molecule has 1 aromatic carbocycles. The molecule has 0 radical (unpaired) electrons. The van der Waals surface area contributed by atoms with Crippen molar-refractivity contribution in [3.05, 3.63) is 102 Å². The van der Waals surface area contributed by atoms with E-state index in [0.29, 0.717) is 35.4 Å². The highest BCUT2D eigenvalue weighted by molar-refractivity contribution is 6.06. The van der Waals surface area contributed by atoms with Gasteiger partial charge in [-0.05, 0) is 29.8 Å². The number of pyridine rings is 2. The number of hydrogen-bond donors (Lipinski definition) is 2. The number of nitrogens with one attached hydrogen (secondary N) is 2. The van der Waals surface area contributed by atoms with Crippen LogP contribution >= 0.6 is 0 Å². The summed E-state index contributed by atoms with van der Waals surface area (Å²) in [5, 5.41) is 10.8. The van der Waals surface area contributed by atoms with E-state index in [0.717, 1.165) is 16.9 Å². The molecule has 4 aromatic heterocycles. The number of carbonyl (C=O) groups excluding carboxylic acids is 2. The van der Waals surface area contributed by atoms with E-state index in [-0.39, 0.29) is 24.8 Å². The smallest absolute Gasteiger partial charge is 0.252 e. The first-order valence-electron chi connectivity index (χ1n) is 11.6. The Morgan fingerprint density at radius 2 is 1.86 bits per heavy atom. The van der Waals surface area contributed by atoms with Crippen LogP contribution in [0.1, 0.15) is 28.1 Å². The van der Waals surface area contributed by atoms with Crippen LogP contribution in [0.4, 0.5) is 0 Å². The summed E-state index contributed by atoms with van der Waals surface area (Å²) in [5.74, 6) is 0.280. The average molecular weight is 481 g/mol. The molecule has 5 aromatic rings. The second kappa shape index (κ2) is 10.6. The molecule has 0 unspecified atom stereocenters. The van der Waals surface area contributed by atoms with Gasteiger partial charge in [0.1, 0.15) is 12.3 Å². The van der Waals surface area contributed by atoms with Gasteiger partial charge in [-0.3, -0.25) is 14.6 Å². The Balaban J connectivity index is 1.33. The first-order chi connectivity index (χ1) is 17.7. The fourth-order valence-electron chi connectivity index (χ4n) is 3.83. The Morgan fingerprint density at radius 1 is 0.972 bits per heavy atom. The Labute approximate surface area is 207 Å². The molecule has 2 amide bonds. The Morgan fingerprint density at radius 3 is 2.64 bits per heavy atom. The van der Waals surface area contributed by atoms with Crippen molar-refractivity contribution < 1.29 is 14.0 Å². The molecular weight excluding hydrogens is 456 g/mol. The summed E-state index contributed by atoms with van der Waals surface area (Å²) in [5.41, 5.74) is 3.47. The number of benzene rings is 1. The molecule has 0 aliphatic heterocycles. The zero-order chi connectivity index (χ0) is 24.7.